The number of rotatable bonds is 6. The Hall–Kier alpha value is -2.07. The average Bonchev–Trinajstić information content (AvgIpc) is 2.53. The van der Waals surface area contributed by atoms with E-state index in [1.807, 2.05) is 43.3 Å². The van der Waals surface area contributed by atoms with Crippen molar-refractivity contribution >= 4 is 29.1 Å². The molecule has 3 nitrogen and oxygen atoms in total. The summed E-state index contributed by atoms with van der Waals surface area (Å²) in [5, 5.41) is 2.65. The monoisotopic (exact) mass is 313 g/mol. The molecule has 0 aliphatic heterocycles. The van der Waals surface area contributed by atoms with Crippen LogP contribution in [0.5, 0.6) is 0 Å². The van der Waals surface area contributed by atoms with Crippen LogP contribution in [0.15, 0.2) is 54.6 Å². The molecule has 2 rings (SSSR count). The Balaban J connectivity index is 1.96. The summed E-state index contributed by atoms with van der Waals surface area (Å²) >= 11 is 1.57. The zero-order chi connectivity index (χ0) is 15.9. The Kier molecular flexibility index (Phi) is 5.78. The molecule has 1 amide bonds. The molecular weight excluding hydrogens is 294 g/mol. The van der Waals surface area contributed by atoms with Gasteiger partial charge < -0.3 is 5.32 Å². The molecule has 2 aromatic carbocycles. The van der Waals surface area contributed by atoms with Gasteiger partial charge in [0.1, 0.15) is 0 Å². The van der Waals surface area contributed by atoms with Crippen molar-refractivity contribution in [3.05, 3.63) is 65.7 Å². The van der Waals surface area contributed by atoms with E-state index in [1.54, 1.807) is 30.0 Å². The SMILES string of the molecule is CC(=O)c1ccccc1NC(=O)C(C)SCc1ccccc1. The Morgan fingerprint density at radius 2 is 1.68 bits per heavy atom. The quantitative estimate of drug-likeness (QED) is 0.815. The smallest absolute Gasteiger partial charge is 0.237 e. The van der Waals surface area contributed by atoms with Crippen LogP contribution in [0, 0.1) is 0 Å². The van der Waals surface area contributed by atoms with Crippen molar-refractivity contribution in [2.45, 2.75) is 24.9 Å². The van der Waals surface area contributed by atoms with Crippen LogP contribution in [-0.4, -0.2) is 16.9 Å². The van der Waals surface area contributed by atoms with Gasteiger partial charge in [-0.15, -0.1) is 11.8 Å². The number of para-hydroxylation sites is 1. The maximum absolute atomic E-state index is 12.3. The summed E-state index contributed by atoms with van der Waals surface area (Å²) in [6, 6.07) is 17.1. The fraction of sp³-hybridized carbons (Fsp3) is 0.222. The normalized spacial score (nSPS) is 11.7. The number of anilines is 1. The molecule has 0 saturated carbocycles. The molecule has 4 heteroatoms. The Bertz CT molecular complexity index is 655. The lowest BCUT2D eigenvalue weighted by Gasteiger charge is -2.14. The molecule has 0 saturated heterocycles. The van der Waals surface area contributed by atoms with Crippen molar-refractivity contribution in [2.24, 2.45) is 0 Å². The number of benzene rings is 2. The number of amides is 1. The summed E-state index contributed by atoms with van der Waals surface area (Å²) in [6.45, 7) is 3.37. The molecule has 0 aliphatic carbocycles. The third-order valence-corrected chi connectivity index (χ3v) is 4.49. The summed E-state index contributed by atoms with van der Waals surface area (Å²) in [4.78, 5) is 23.8. The van der Waals surface area contributed by atoms with Crippen LogP contribution in [0.1, 0.15) is 29.8 Å². The first-order valence-corrected chi connectivity index (χ1v) is 8.19. The van der Waals surface area contributed by atoms with Gasteiger partial charge in [0, 0.05) is 11.3 Å². The molecule has 0 radical (unpaired) electrons. The third-order valence-electron chi connectivity index (χ3n) is 3.28. The van der Waals surface area contributed by atoms with Gasteiger partial charge in [-0.05, 0) is 31.5 Å². The molecule has 1 N–H and O–H groups in total. The van der Waals surface area contributed by atoms with Crippen LogP contribution in [-0.2, 0) is 10.5 Å². The van der Waals surface area contributed by atoms with Gasteiger partial charge in [-0.25, -0.2) is 0 Å². The number of thioether (sulfide) groups is 1. The molecule has 114 valence electrons. The number of carbonyl (C=O) groups is 2. The molecule has 0 heterocycles. The molecule has 0 aliphatic rings. The van der Waals surface area contributed by atoms with Crippen molar-refractivity contribution in [3.63, 3.8) is 0 Å². The van der Waals surface area contributed by atoms with Crippen LogP contribution in [0.4, 0.5) is 5.69 Å². The largest absolute Gasteiger partial charge is 0.324 e. The van der Waals surface area contributed by atoms with Crippen LogP contribution in [0.2, 0.25) is 0 Å². The molecule has 1 unspecified atom stereocenters. The van der Waals surface area contributed by atoms with E-state index in [4.69, 9.17) is 0 Å². The minimum Gasteiger partial charge on any atom is -0.324 e. The van der Waals surface area contributed by atoms with Crippen molar-refractivity contribution in [2.75, 3.05) is 5.32 Å². The van der Waals surface area contributed by atoms with E-state index in [0.29, 0.717) is 11.3 Å². The summed E-state index contributed by atoms with van der Waals surface area (Å²) in [7, 11) is 0. The first kappa shape index (κ1) is 16.3. The first-order chi connectivity index (χ1) is 10.6. The molecule has 0 aromatic heterocycles. The molecule has 0 bridgehead atoms. The lowest BCUT2D eigenvalue weighted by Crippen LogP contribution is -2.23. The highest BCUT2D eigenvalue weighted by atomic mass is 32.2. The maximum atomic E-state index is 12.3. The second-order valence-corrected chi connectivity index (χ2v) is 6.36. The summed E-state index contributed by atoms with van der Waals surface area (Å²) in [6.07, 6.45) is 0. The van der Waals surface area contributed by atoms with Crippen LogP contribution >= 0.6 is 11.8 Å². The van der Waals surface area contributed by atoms with Crippen molar-refractivity contribution < 1.29 is 9.59 Å². The van der Waals surface area contributed by atoms with E-state index in [-0.39, 0.29) is 16.9 Å². The van der Waals surface area contributed by atoms with E-state index >= 15 is 0 Å². The Labute approximate surface area is 135 Å². The number of hydrogen-bond acceptors (Lipinski definition) is 3. The third kappa shape index (κ3) is 4.46. The number of ketones is 1. The number of hydrogen-bond donors (Lipinski definition) is 1. The molecule has 0 spiro atoms. The summed E-state index contributed by atoms with van der Waals surface area (Å²) in [5.74, 6) is 0.638. The van der Waals surface area contributed by atoms with Gasteiger partial charge in [0.25, 0.3) is 0 Å². The molecule has 1 atom stereocenters. The summed E-state index contributed by atoms with van der Waals surface area (Å²) < 4.78 is 0. The first-order valence-electron chi connectivity index (χ1n) is 7.14. The van der Waals surface area contributed by atoms with E-state index in [1.165, 1.54) is 12.5 Å². The zero-order valence-electron chi connectivity index (χ0n) is 12.7. The Morgan fingerprint density at radius 1 is 1.05 bits per heavy atom. The lowest BCUT2D eigenvalue weighted by molar-refractivity contribution is -0.115. The standard InChI is InChI=1S/C18H19NO2S/c1-13(20)16-10-6-7-11-17(16)19-18(21)14(2)22-12-15-8-4-3-5-9-15/h3-11,14H,12H2,1-2H3,(H,19,21). The second-order valence-electron chi connectivity index (χ2n) is 5.03. The molecular formula is C18H19NO2S. The average molecular weight is 313 g/mol. The second kappa shape index (κ2) is 7.80. The number of carbonyl (C=O) groups excluding carboxylic acids is 2. The van der Waals surface area contributed by atoms with E-state index < -0.39 is 0 Å². The van der Waals surface area contributed by atoms with E-state index in [2.05, 4.69) is 5.32 Å². The minimum atomic E-state index is -0.194. The van der Waals surface area contributed by atoms with Gasteiger partial charge in [0.2, 0.25) is 5.91 Å². The number of nitrogens with one attached hydrogen (secondary N) is 1. The van der Waals surface area contributed by atoms with Crippen molar-refractivity contribution in [3.8, 4) is 0 Å². The predicted octanol–water partition coefficient (Wildman–Crippen LogP) is 4.15. The van der Waals surface area contributed by atoms with Crippen LogP contribution < -0.4 is 5.32 Å². The highest BCUT2D eigenvalue weighted by molar-refractivity contribution is 7.99. The van der Waals surface area contributed by atoms with E-state index in [0.717, 1.165) is 5.75 Å². The van der Waals surface area contributed by atoms with Crippen molar-refractivity contribution in [1.82, 2.24) is 0 Å². The van der Waals surface area contributed by atoms with Crippen molar-refractivity contribution in [1.29, 1.82) is 0 Å². The van der Waals surface area contributed by atoms with Gasteiger partial charge in [-0.2, -0.15) is 0 Å². The molecule has 0 fully saturated rings. The number of Topliss-reactive ketones (excluding diaryl/α,β-unsaturated/α-hetero) is 1. The zero-order valence-corrected chi connectivity index (χ0v) is 13.5. The fourth-order valence-corrected chi connectivity index (χ4v) is 2.85. The van der Waals surface area contributed by atoms with Gasteiger partial charge in [0.05, 0.1) is 10.9 Å². The maximum Gasteiger partial charge on any atom is 0.237 e. The van der Waals surface area contributed by atoms with Gasteiger partial charge in [0.15, 0.2) is 5.78 Å². The Morgan fingerprint density at radius 3 is 2.36 bits per heavy atom. The van der Waals surface area contributed by atoms with Gasteiger partial charge in [-0.3, -0.25) is 9.59 Å². The van der Waals surface area contributed by atoms with Gasteiger partial charge >= 0.3 is 0 Å². The minimum absolute atomic E-state index is 0.0551. The highest BCUT2D eigenvalue weighted by Crippen LogP contribution is 2.21. The molecule has 22 heavy (non-hydrogen) atoms. The van der Waals surface area contributed by atoms with E-state index in [9.17, 15) is 9.59 Å². The molecule has 2 aromatic rings. The topological polar surface area (TPSA) is 46.2 Å². The summed E-state index contributed by atoms with van der Waals surface area (Å²) in [5.41, 5.74) is 2.31. The van der Waals surface area contributed by atoms with Crippen LogP contribution in [0.3, 0.4) is 0 Å². The van der Waals surface area contributed by atoms with Gasteiger partial charge in [-0.1, -0.05) is 42.5 Å². The fourth-order valence-electron chi connectivity index (χ4n) is 2.00. The highest BCUT2D eigenvalue weighted by Gasteiger charge is 2.16. The van der Waals surface area contributed by atoms with Crippen LogP contribution in [0.25, 0.3) is 0 Å². The lowest BCUT2D eigenvalue weighted by atomic mass is 10.1. The predicted molar refractivity (Wildman–Crippen MR) is 92.3 cm³/mol.